The van der Waals surface area contributed by atoms with E-state index in [0.717, 1.165) is 24.3 Å². The Morgan fingerprint density at radius 3 is 2.81 bits per heavy atom. The first kappa shape index (κ1) is 20.6. The van der Waals surface area contributed by atoms with Gasteiger partial charge in [-0.1, -0.05) is 49.0 Å². The van der Waals surface area contributed by atoms with Crippen LogP contribution in [0.5, 0.6) is 0 Å². The first-order chi connectivity index (χ1) is 12.6. The number of hydrogen-bond acceptors (Lipinski definition) is 5. The molecule has 0 bridgehead atoms. The molecule has 1 heterocycles. The lowest BCUT2D eigenvalue weighted by Crippen LogP contribution is -2.32. The molecule has 0 spiro atoms. The standard InChI is InChI=1S/C19H25N3O2S2/c1-3-11-25-13-16-12-17(23)22-19(21-16)26-14(2)18(24)20-10-9-15-7-5-4-6-8-15/h4-8,12,14H,3,9-11,13H2,1-2H3,(H,20,24)(H,21,22,23). The van der Waals surface area contributed by atoms with Crippen molar-refractivity contribution in [2.24, 2.45) is 0 Å². The lowest BCUT2D eigenvalue weighted by molar-refractivity contribution is -0.120. The predicted octanol–water partition coefficient (Wildman–Crippen LogP) is 3.25. The number of H-pyrrole nitrogens is 1. The fraction of sp³-hybridized carbons (Fsp3) is 0.421. The van der Waals surface area contributed by atoms with Crippen molar-refractivity contribution < 1.29 is 4.79 Å². The van der Waals surface area contributed by atoms with Gasteiger partial charge in [0.1, 0.15) is 0 Å². The molecule has 1 atom stereocenters. The molecule has 26 heavy (non-hydrogen) atoms. The second-order valence-electron chi connectivity index (χ2n) is 5.88. The Bertz CT molecular complexity index is 750. The van der Waals surface area contributed by atoms with E-state index in [1.54, 1.807) is 11.8 Å². The molecule has 0 aliphatic carbocycles. The Labute approximate surface area is 162 Å². The van der Waals surface area contributed by atoms with E-state index in [4.69, 9.17) is 0 Å². The topological polar surface area (TPSA) is 74.8 Å². The van der Waals surface area contributed by atoms with Crippen LogP contribution in [0.1, 0.15) is 31.5 Å². The number of carbonyl (C=O) groups is 1. The van der Waals surface area contributed by atoms with E-state index < -0.39 is 0 Å². The average Bonchev–Trinajstić information content (AvgIpc) is 2.62. The zero-order valence-electron chi connectivity index (χ0n) is 15.2. The van der Waals surface area contributed by atoms with E-state index in [9.17, 15) is 9.59 Å². The van der Waals surface area contributed by atoms with Crippen LogP contribution in [-0.2, 0) is 17.0 Å². The van der Waals surface area contributed by atoms with Gasteiger partial charge in [-0.05, 0) is 31.1 Å². The zero-order valence-corrected chi connectivity index (χ0v) is 16.8. The second kappa shape index (κ2) is 11.1. The van der Waals surface area contributed by atoms with Crippen molar-refractivity contribution in [3.63, 3.8) is 0 Å². The van der Waals surface area contributed by atoms with Crippen LogP contribution >= 0.6 is 23.5 Å². The van der Waals surface area contributed by atoms with Crippen molar-refractivity contribution in [1.82, 2.24) is 15.3 Å². The number of nitrogens with zero attached hydrogens (tertiary/aromatic N) is 1. The summed E-state index contributed by atoms with van der Waals surface area (Å²) in [4.78, 5) is 31.2. The number of carbonyl (C=O) groups excluding carboxylic acids is 1. The average molecular weight is 392 g/mol. The van der Waals surface area contributed by atoms with Gasteiger partial charge in [0.2, 0.25) is 5.91 Å². The fourth-order valence-electron chi connectivity index (χ4n) is 2.27. The molecule has 0 aliphatic heterocycles. The maximum absolute atomic E-state index is 12.3. The summed E-state index contributed by atoms with van der Waals surface area (Å²) < 4.78 is 0. The van der Waals surface area contributed by atoms with Crippen molar-refractivity contribution in [1.29, 1.82) is 0 Å². The third-order valence-corrected chi connectivity index (χ3v) is 5.77. The monoisotopic (exact) mass is 391 g/mol. The van der Waals surface area contributed by atoms with Gasteiger partial charge in [-0.2, -0.15) is 11.8 Å². The normalized spacial score (nSPS) is 11.9. The molecule has 0 fully saturated rings. The van der Waals surface area contributed by atoms with Crippen LogP contribution in [0.4, 0.5) is 0 Å². The van der Waals surface area contributed by atoms with Gasteiger partial charge in [0.05, 0.1) is 10.9 Å². The summed E-state index contributed by atoms with van der Waals surface area (Å²) in [5, 5.41) is 3.11. The van der Waals surface area contributed by atoms with Gasteiger partial charge in [0, 0.05) is 18.4 Å². The Kier molecular flexibility index (Phi) is 8.77. The molecule has 2 aromatic rings. The highest BCUT2D eigenvalue weighted by atomic mass is 32.2. The fourth-order valence-corrected chi connectivity index (χ4v) is 3.92. The Morgan fingerprint density at radius 1 is 1.31 bits per heavy atom. The van der Waals surface area contributed by atoms with Crippen molar-refractivity contribution in [3.8, 4) is 0 Å². The van der Waals surface area contributed by atoms with Gasteiger partial charge in [0.15, 0.2) is 5.16 Å². The first-order valence-electron chi connectivity index (χ1n) is 8.74. The number of nitrogens with one attached hydrogen (secondary N) is 2. The minimum absolute atomic E-state index is 0.0562. The van der Waals surface area contributed by atoms with E-state index >= 15 is 0 Å². The second-order valence-corrected chi connectivity index (χ2v) is 8.32. The molecule has 5 nitrogen and oxygen atoms in total. The highest BCUT2D eigenvalue weighted by Crippen LogP contribution is 2.19. The SMILES string of the molecule is CCCSCc1cc(=O)[nH]c(SC(C)C(=O)NCCc2ccccc2)n1. The molecule has 0 aliphatic rings. The molecular formula is C19H25N3O2S2. The zero-order chi connectivity index (χ0) is 18.8. The lowest BCUT2D eigenvalue weighted by Gasteiger charge is -2.12. The van der Waals surface area contributed by atoms with Crippen LogP contribution < -0.4 is 10.9 Å². The molecule has 7 heteroatoms. The molecule has 1 unspecified atom stereocenters. The highest BCUT2D eigenvalue weighted by Gasteiger charge is 2.16. The van der Waals surface area contributed by atoms with Crippen LogP contribution in [0.25, 0.3) is 0 Å². The number of thioether (sulfide) groups is 2. The number of benzene rings is 1. The summed E-state index contributed by atoms with van der Waals surface area (Å²) in [6.45, 7) is 4.53. The van der Waals surface area contributed by atoms with Crippen LogP contribution in [0.15, 0.2) is 46.3 Å². The molecule has 1 aromatic carbocycles. The molecule has 1 aromatic heterocycles. The van der Waals surface area contributed by atoms with Gasteiger partial charge < -0.3 is 10.3 Å². The quantitative estimate of drug-likeness (QED) is 0.369. The summed E-state index contributed by atoms with van der Waals surface area (Å²) >= 11 is 3.03. The highest BCUT2D eigenvalue weighted by molar-refractivity contribution is 8.00. The maximum atomic E-state index is 12.3. The van der Waals surface area contributed by atoms with Crippen LogP contribution in [0.2, 0.25) is 0 Å². The van der Waals surface area contributed by atoms with Gasteiger partial charge in [-0.25, -0.2) is 4.98 Å². The molecule has 0 saturated carbocycles. The first-order valence-corrected chi connectivity index (χ1v) is 10.8. The molecule has 140 valence electrons. The lowest BCUT2D eigenvalue weighted by atomic mass is 10.1. The molecule has 2 rings (SSSR count). The van der Waals surface area contributed by atoms with Crippen LogP contribution in [0.3, 0.4) is 0 Å². The van der Waals surface area contributed by atoms with Crippen molar-refractivity contribution in [2.45, 2.75) is 42.8 Å². The predicted molar refractivity (Wildman–Crippen MR) is 110 cm³/mol. The Morgan fingerprint density at radius 2 is 2.08 bits per heavy atom. The third-order valence-electron chi connectivity index (χ3n) is 3.58. The van der Waals surface area contributed by atoms with Crippen LogP contribution in [0, 0.1) is 0 Å². The number of aromatic amines is 1. The van der Waals surface area contributed by atoms with Crippen molar-refractivity contribution >= 4 is 29.4 Å². The summed E-state index contributed by atoms with van der Waals surface area (Å²) in [7, 11) is 0. The van der Waals surface area contributed by atoms with Crippen LogP contribution in [-0.4, -0.2) is 33.4 Å². The third kappa shape index (κ3) is 7.25. The number of hydrogen-bond donors (Lipinski definition) is 2. The van der Waals surface area contributed by atoms with E-state index in [1.165, 1.54) is 23.4 Å². The summed E-state index contributed by atoms with van der Waals surface area (Å²) in [6, 6.07) is 11.6. The van der Waals surface area contributed by atoms with Crippen molar-refractivity contribution in [2.75, 3.05) is 12.3 Å². The van der Waals surface area contributed by atoms with Gasteiger partial charge in [-0.15, -0.1) is 0 Å². The van der Waals surface area contributed by atoms with E-state index in [-0.39, 0.29) is 16.7 Å². The van der Waals surface area contributed by atoms with E-state index in [0.29, 0.717) is 17.5 Å². The molecule has 0 saturated heterocycles. The Hall–Kier alpha value is -1.73. The molecular weight excluding hydrogens is 366 g/mol. The van der Waals surface area contributed by atoms with E-state index in [1.807, 2.05) is 37.3 Å². The van der Waals surface area contributed by atoms with Gasteiger partial charge in [-0.3, -0.25) is 9.59 Å². The van der Waals surface area contributed by atoms with Gasteiger partial charge >= 0.3 is 0 Å². The summed E-state index contributed by atoms with van der Waals surface area (Å²) in [5.74, 6) is 1.69. The molecule has 1 amide bonds. The van der Waals surface area contributed by atoms with Gasteiger partial charge in [0.25, 0.3) is 5.56 Å². The smallest absolute Gasteiger partial charge is 0.251 e. The van der Waals surface area contributed by atoms with E-state index in [2.05, 4.69) is 22.2 Å². The number of aromatic nitrogens is 2. The largest absolute Gasteiger partial charge is 0.355 e. The minimum atomic E-state index is -0.326. The summed E-state index contributed by atoms with van der Waals surface area (Å²) in [6.07, 6.45) is 1.89. The molecule has 2 N–H and O–H groups in total. The van der Waals surface area contributed by atoms with Crippen molar-refractivity contribution in [3.05, 3.63) is 58.0 Å². The minimum Gasteiger partial charge on any atom is -0.355 e. The number of amides is 1. The Balaban J connectivity index is 1.84. The number of rotatable bonds is 10. The maximum Gasteiger partial charge on any atom is 0.251 e. The molecule has 0 radical (unpaired) electrons. The summed E-state index contributed by atoms with van der Waals surface area (Å²) in [5.41, 5.74) is 1.77.